The highest BCUT2D eigenvalue weighted by Crippen LogP contribution is 2.29. The number of aromatic nitrogens is 2. The van der Waals surface area contributed by atoms with Crippen LogP contribution in [0.3, 0.4) is 0 Å². The molecule has 0 spiro atoms. The van der Waals surface area contributed by atoms with Gasteiger partial charge in [0.2, 0.25) is 0 Å². The molecule has 5 nitrogen and oxygen atoms in total. The minimum absolute atomic E-state index is 0.137. The predicted molar refractivity (Wildman–Crippen MR) is 115 cm³/mol. The third kappa shape index (κ3) is 4.50. The molecule has 0 bridgehead atoms. The topological polar surface area (TPSA) is 56.1 Å². The summed E-state index contributed by atoms with van der Waals surface area (Å²) in [4.78, 5) is 17.6. The van der Waals surface area contributed by atoms with Crippen molar-refractivity contribution in [3.63, 3.8) is 0 Å². The Hall–Kier alpha value is -3.08. The van der Waals surface area contributed by atoms with Crippen molar-refractivity contribution in [3.05, 3.63) is 66.1 Å². The van der Waals surface area contributed by atoms with Gasteiger partial charge in [-0.25, -0.2) is 4.98 Å². The van der Waals surface area contributed by atoms with Gasteiger partial charge in [-0.15, -0.1) is 0 Å². The van der Waals surface area contributed by atoms with Crippen molar-refractivity contribution in [1.29, 1.82) is 0 Å². The Kier molecular flexibility index (Phi) is 5.94. The van der Waals surface area contributed by atoms with Gasteiger partial charge in [0.1, 0.15) is 11.6 Å². The van der Waals surface area contributed by atoms with Crippen LogP contribution in [0.2, 0.25) is 0 Å². The molecule has 1 aliphatic heterocycles. The number of unbranched alkanes of at least 4 members (excludes halogenated alkanes) is 1. The summed E-state index contributed by atoms with van der Waals surface area (Å²) in [7, 11) is 0. The molecule has 0 radical (unpaired) electrons. The minimum Gasteiger partial charge on any atom is -0.494 e. The van der Waals surface area contributed by atoms with Crippen molar-refractivity contribution in [2.45, 2.75) is 45.6 Å². The number of aryl methyl sites for hydroxylation is 2. The summed E-state index contributed by atoms with van der Waals surface area (Å²) >= 11 is 0. The maximum Gasteiger partial charge on any atom is 0.255 e. The molecule has 150 valence electrons. The van der Waals surface area contributed by atoms with Crippen LogP contribution < -0.4 is 10.1 Å². The third-order valence-corrected chi connectivity index (χ3v) is 5.24. The Labute approximate surface area is 171 Å². The highest BCUT2D eigenvalue weighted by Gasteiger charge is 2.16. The zero-order valence-electron chi connectivity index (χ0n) is 16.9. The van der Waals surface area contributed by atoms with Gasteiger partial charge in [-0.2, -0.15) is 0 Å². The summed E-state index contributed by atoms with van der Waals surface area (Å²) in [5, 5.41) is 3.05. The fourth-order valence-electron chi connectivity index (χ4n) is 3.59. The van der Waals surface area contributed by atoms with Crippen LogP contribution in [0, 0.1) is 0 Å². The fraction of sp³-hybridized carbons (Fsp3) is 0.333. The van der Waals surface area contributed by atoms with Crippen LogP contribution in [-0.4, -0.2) is 22.1 Å². The number of nitrogens with one attached hydrogen (secondary N) is 1. The van der Waals surface area contributed by atoms with E-state index in [1.165, 1.54) is 12.8 Å². The summed E-state index contributed by atoms with van der Waals surface area (Å²) in [5.41, 5.74) is 3.24. The second-order valence-electron chi connectivity index (χ2n) is 7.42. The van der Waals surface area contributed by atoms with Crippen molar-refractivity contribution in [1.82, 2.24) is 9.55 Å². The van der Waals surface area contributed by atoms with E-state index >= 15 is 0 Å². The van der Waals surface area contributed by atoms with Crippen LogP contribution in [-0.2, 0) is 13.0 Å². The number of nitrogens with zero attached hydrogens (tertiary/aromatic N) is 2. The molecule has 0 fully saturated rings. The van der Waals surface area contributed by atoms with Gasteiger partial charge in [0.05, 0.1) is 18.0 Å². The number of fused-ring (bicyclic) bond motifs is 1. The average Bonchev–Trinajstić information content (AvgIpc) is 3.19. The summed E-state index contributed by atoms with van der Waals surface area (Å²) in [6.07, 6.45) is 7.62. The maximum atomic E-state index is 12.8. The number of imidazole rings is 1. The Balaban J connectivity index is 1.50. The molecule has 0 saturated heterocycles. The monoisotopic (exact) mass is 389 g/mol. The van der Waals surface area contributed by atoms with Crippen LogP contribution in [0.25, 0.3) is 11.3 Å². The molecule has 1 aromatic heterocycles. The lowest BCUT2D eigenvalue weighted by molar-refractivity contribution is 0.102. The van der Waals surface area contributed by atoms with Crippen LogP contribution in [0.1, 0.15) is 48.8 Å². The van der Waals surface area contributed by atoms with E-state index in [1.807, 2.05) is 36.4 Å². The number of para-hydroxylation sites is 1. The molecule has 2 heterocycles. The standard InChI is InChI=1S/C24H27N3O2/c1-2-3-16-29-19-13-11-18(12-14-19)24(28)26-21-9-5-4-8-20(21)22-17-27-15-7-6-10-23(27)25-22/h4-5,8-9,11-14,17H,2-3,6-7,10,15-16H2,1H3,(H,26,28). The maximum absolute atomic E-state index is 12.8. The normalized spacial score (nSPS) is 13.0. The summed E-state index contributed by atoms with van der Waals surface area (Å²) < 4.78 is 7.90. The first-order chi connectivity index (χ1) is 14.2. The lowest BCUT2D eigenvalue weighted by Gasteiger charge is -2.11. The first kappa shape index (κ1) is 19.2. The number of carbonyl (C=O) groups is 1. The van der Waals surface area contributed by atoms with Gasteiger partial charge in [0, 0.05) is 30.3 Å². The Morgan fingerprint density at radius 1 is 1.14 bits per heavy atom. The highest BCUT2D eigenvalue weighted by molar-refractivity contribution is 6.06. The van der Waals surface area contributed by atoms with E-state index in [0.717, 1.165) is 54.3 Å². The van der Waals surface area contributed by atoms with E-state index < -0.39 is 0 Å². The van der Waals surface area contributed by atoms with Gasteiger partial charge < -0.3 is 14.6 Å². The largest absolute Gasteiger partial charge is 0.494 e. The molecule has 1 N–H and O–H groups in total. The number of benzene rings is 2. The molecular weight excluding hydrogens is 362 g/mol. The summed E-state index contributed by atoms with van der Waals surface area (Å²) in [5.74, 6) is 1.78. The molecule has 1 aliphatic rings. The van der Waals surface area contributed by atoms with E-state index in [0.29, 0.717) is 12.2 Å². The number of carbonyl (C=O) groups excluding carboxylic acids is 1. The highest BCUT2D eigenvalue weighted by atomic mass is 16.5. The average molecular weight is 389 g/mol. The lowest BCUT2D eigenvalue weighted by Crippen LogP contribution is -2.12. The number of hydrogen-bond donors (Lipinski definition) is 1. The lowest BCUT2D eigenvalue weighted by atomic mass is 10.1. The predicted octanol–water partition coefficient (Wildman–Crippen LogP) is 5.32. The third-order valence-electron chi connectivity index (χ3n) is 5.24. The van der Waals surface area contributed by atoms with E-state index in [1.54, 1.807) is 12.1 Å². The van der Waals surface area contributed by atoms with Crippen LogP contribution >= 0.6 is 0 Å². The van der Waals surface area contributed by atoms with Crippen molar-refractivity contribution < 1.29 is 9.53 Å². The number of anilines is 1. The van der Waals surface area contributed by atoms with Crippen LogP contribution in [0.5, 0.6) is 5.75 Å². The SMILES string of the molecule is CCCCOc1ccc(C(=O)Nc2ccccc2-c2cn3c(n2)CCCC3)cc1. The fourth-order valence-corrected chi connectivity index (χ4v) is 3.59. The summed E-state index contributed by atoms with van der Waals surface area (Å²) in [6.45, 7) is 3.85. The molecule has 3 aromatic rings. The number of amides is 1. The molecule has 5 heteroatoms. The van der Waals surface area contributed by atoms with Gasteiger partial charge >= 0.3 is 0 Å². The minimum atomic E-state index is -0.137. The van der Waals surface area contributed by atoms with Gasteiger partial charge in [-0.05, 0) is 49.6 Å². The first-order valence-electron chi connectivity index (χ1n) is 10.4. The molecular formula is C24H27N3O2. The van der Waals surface area contributed by atoms with Crippen molar-refractivity contribution in [3.8, 4) is 17.0 Å². The second kappa shape index (κ2) is 8.95. The van der Waals surface area contributed by atoms with Gasteiger partial charge in [-0.3, -0.25) is 4.79 Å². The zero-order valence-corrected chi connectivity index (χ0v) is 16.9. The van der Waals surface area contributed by atoms with Crippen molar-refractivity contribution in [2.24, 2.45) is 0 Å². The first-order valence-corrected chi connectivity index (χ1v) is 10.4. The molecule has 1 amide bonds. The molecule has 2 aromatic carbocycles. The smallest absolute Gasteiger partial charge is 0.255 e. The van der Waals surface area contributed by atoms with E-state index in [-0.39, 0.29) is 5.91 Å². The van der Waals surface area contributed by atoms with Crippen molar-refractivity contribution in [2.75, 3.05) is 11.9 Å². The van der Waals surface area contributed by atoms with Gasteiger partial charge in [-0.1, -0.05) is 31.5 Å². The van der Waals surface area contributed by atoms with Crippen LogP contribution in [0.15, 0.2) is 54.7 Å². The zero-order chi connectivity index (χ0) is 20.1. The number of ether oxygens (including phenoxy) is 1. The second-order valence-corrected chi connectivity index (χ2v) is 7.42. The van der Waals surface area contributed by atoms with Crippen LogP contribution in [0.4, 0.5) is 5.69 Å². The van der Waals surface area contributed by atoms with E-state index in [2.05, 4.69) is 23.0 Å². The summed E-state index contributed by atoms with van der Waals surface area (Å²) in [6, 6.07) is 15.1. The molecule has 0 atom stereocenters. The Morgan fingerprint density at radius 3 is 2.76 bits per heavy atom. The molecule has 0 aliphatic carbocycles. The Morgan fingerprint density at radius 2 is 1.97 bits per heavy atom. The molecule has 4 rings (SSSR count). The molecule has 0 unspecified atom stereocenters. The number of hydrogen-bond acceptors (Lipinski definition) is 3. The van der Waals surface area contributed by atoms with Crippen molar-refractivity contribution >= 4 is 11.6 Å². The quantitative estimate of drug-likeness (QED) is 0.557. The van der Waals surface area contributed by atoms with E-state index in [9.17, 15) is 4.79 Å². The number of rotatable bonds is 7. The van der Waals surface area contributed by atoms with Gasteiger partial charge in [0.15, 0.2) is 0 Å². The molecule has 29 heavy (non-hydrogen) atoms. The molecule has 0 saturated carbocycles. The Bertz CT molecular complexity index is 953. The van der Waals surface area contributed by atoms with Gasteiger partial charge in [0.25, 0.3) is 5.91 Å². The van der Waals surface area contributed by atoms with E-state index in [4.69, 9.17) is 9.72 Å².